The van der Waals surface area contributed by atoms with Crippen LogP contribution in [0.15, 0.2) is 17.5 Å². The second-order valence-electron chi connectivity index (χ2n) is 2.97. The van der Waals surface area contributed by atoms with Crippen LogP contribution in [0.1, 0.15) is 17.9 Å². The van der Waals surface area contributed by atoms with Gasteiger partial charge in [0.15, 0.2) is 0 Å². The van der Waals surface area contributed by atoms with Crippen LogP contribution < -0.4 is 5.32 Å². The van der Waals surface area contributed by atoms with Crippen LogP contribution in [-0.2, 0) is 9.53 Å². The third-order valence-electron chi connectivity index (χ3n) is 1.80. The molecule has 1 unspecified atom stereocenters. The smallest absolute Gasteiger partial charge is 0.246 e. The predicted molar refractivity (Wildman–Crippen MR) is 58.8 cm³/mol. The van der Waals surface area contributed by atoms with Gasteiger partial charge in [0.25, 0.3) is 0 Å². The summed E-state index contributed by atoms with van der Waals surface area (Å²) in [5.74, 6) is -0.201. The second kappa shape index (κ2) is 6.55. The Hall–Kier alpha value is -0.910. The first-order valence-corrected chi connectivity index (χ1v) is 5.68. The van der Waals surface area contributed by atoms with Crippen molar-refractivity contribution in [2.75, 3.05) is 19.8 Å². The Bertz CT molecular complexity index is 287. The van der Waals surface area contributed by atoms with E-state index in [2.05, 4.69) is 5.32 Å². The predicted octanol–water partition coefficient (Wildman–Crippen LogP) is 0.934. The molecule has 84 valence electrons. The molecule has 1 amide bonds. The van der Waals surface area contributed by atoms with Gasteiger partial charge in [0.1, 0.15) is 12.7 Å². The Labute approximate surface area is 92.9 Å². The van der Waals surface area contributed by atoms with Gasteiger partial charge in [-0.05, 0) is 18.4 Å². The molecule has 0 aliphatic rings. The lowest BCUT2D eigenvalue weighted by atomic mass is 10.3. The Morgan fingerprint density at radius 2 is 2.53 bits per heavy atom. The molecule has 2 N–H and O–H groups in total. The highest BCUT2D eigenvalue weighted by Crippen LogP contribution is 2.17. The van der Waals surface area contributed by atoms with Crippen LogP contribution in [0, 0.1) is 0 Å². The quantitative estimate of drug-likeness (QED) is 0.763. The molecular weight excluding hydrogens is 214 g/mol. The molecule has 0 spiro atoms. The first-order valence-electron chi connectivity index (χ1n) is 4.80. The van der Waals surface area contributed by atoms with E-state index in [1.165, 1.54) is 11.3 Å². The van der Waals surface area contributed by atoms with Crippen molar-refractivity contribution in [1.29, 1.82) is 0 Å². The standard InChI is InChI=1S/C10H15NO3S/c1-2-14-7-10(13)11-6-8(12)9-4-3-5-15-9/h3-5,8,12H,2,6-7H2,1H3,(H,11,13). The van der Waals surface area contributed by atoms with E-state index in [1.807, 2.05) is 24.4 Å². The Morgan fingerprint density at radius 1 is 1.73 bits per heavy atom. The average molecular weight is 229 g/mol. The highest BCUT2D eigenvalue weighted by Gasteiger charge is 2.09. The molecule has 1 aromatic heterocycles. The summed E-state index contributed by atoms with van der Waals surface area (Å²) in [6.07, 6.45) is -0.629. The summed E-state index contributed by atoms with van der Waals surface area (Å²) in [6.45, 7) is 2.62. The molecule has 1 heterocycles. The van der Waals surface area contributed by atoms with E-state index >= 15 is 0 Å². The average Bonchev–Trinajstić information content (AvgIpc) is 2.76. The van der Waals surface area contributed by atoms with Crippen molar-refractivity contribution < 1.29 is 14.6 Å². The van der Waals surface area contributed by atoms with Crippen molar-refractivity contribution in [3.05, 3.63) is 22.4 Å². The highest BCUT2D eigenvalue weighted by atomic mass is 32.1. The number of ether oxygens (including phenoxy) is 1. The number of aliphatic hydroxyl groups is 1. The zero-order valence-corrected chi connectivity index (χ0v) is 9.42. The number of hydrogen-bond donors (Lipinski definition) is 2. The molecule has 0 saturated heterocycles. The molecule has 0 aliphatic carbocycles. The minimum Gasteiger partial charge on any atom is -0.386 e. The number of aliphatic hydroxyl groups excluding tert-OH is 1. The molecule has 1 atom stereocenters. The maximum atomic E-state index is 11.1. The summed E-state index contributed by atoms with van der Waals surface area (Å²) in [6, 6.07) is 3.70. The second-order valence-corrected chi connectivity index (χ2v) is 3.95. The van der Waals surface area contributed by atoms with E-state index in [0.717, 1.165) is 4.88 Å². The fourth-order valence-electron chi connectivity index (χ4n) is 1.04. The molecular formula is C10H15NO3S. The molecule has 15 heavy (non-hydrogen) atoms. The zero-order chi connectivity index (χ0) is 11.1. The van der Waals surface area contributed by atoms with Crippen LogP contribution in [0.25, 0.3) is 0 Å². The fraction of sp³-hybridized carbons (Fsp3) is 0.500. The van der Waals surface area contributed by atoms with Crippen molar-refractivity contribution in [2.24, 2.45) is 0 Å². The number of amides is 1. The van der Waals surface area contributed by atoms with E-state index in [1.54, 1.807) is 0 Å². The number of hydrogen-bond acceptors (Lipinski definition) is 4. The SMILES string of the molecule is CCOCC(=O)NCC(O)c1cccs1. The summed E-state index contributed by atoms with van der Waals surface area (Å²) in [5.41, 5.74) is 0. The minimum atomic E-state index is -0.629. The molecule has 0 bridgehead atoms. The van der Waals surface area contributed by atoms with Crippen LogP contribution in [0.4, 0.5) is 0 Å². The van der Waals surface area contributed by atoms with E-state index in [9.17, 15) is 9.90 Å². The van der Waals surface area contributed by atoms with Gasteiger partial charge in [0, 0.05) is 18.0 Å². The first-order chi connectivity index (χ1) is 7.24. The van der Waals surface area contributed by atoms with Crippen LogP contribution in [-0.4, -0.2) is 30.8 Å². The fourth-order valence-corrected chi connectivity index (χ4v) is 1.75. The van der Waals surface area contributed by atoms with Crippen molar-refractivity contribution >= 4 is 17.2 Å². The third-order valence-corrected chi connectivity index (χ3v) is 2.78. The third kappa shape index (κ3) is 4.42. The minimum absolute atomic E-state index is 0.0493. The van der Waals surface area contributed by atoms with Crippen LogP contribution in [0.3, 0.4) is 0 Å². The summed E-state index contributed by atoms with van der Waals surface area (Å²) < 4.78 is 4.93. The maximum Gasteiger partial charge on any atom is 0.246 e. The highest BCUT2D eigenvalue weighted by molar-refractivity contribution is 7.10. The van der Waals surface area contributed by atoms with E-state index < -0.39 is 6.10 Å². The first kappa shape index (κ1) is 12.2. The molecule has 0 saturated carbocycles. The van der Waals surface area contributed by atoms with Gasteiger partial charge in [0.05, 0.1) is 0 Å². The normalized spacial score (nSPS) is 12.4. The van der Waals surface area contributed by atoms with Crippen molar-refractivity contribution in [1.82, 2.24) is 5.32 Å². The Balaban J connectivity index is 2.22. The Morgan fingerprint density at radius 3 is 3.13 bits per heavy atom. The number of thiophene rings is 1. The molecule has 0 radical (unpaired) electrons. The number of nitrogens with one attached hydrogen (secondary N) is 1. The van der Waals surface area contributed by atoms with Crippen molar-refractivity contribution in [3.8, 4) is 0 Å². The van der Waals surface area contributed by atoms with Gasteiger partial charge in [-0.1, -0.05) is 6.07 Å². The van der Waals surface area contributed by atoms with Gasteiger partial charge < -0.3 is 15.2 Å². The molecule has 0 aliphatic heterocycles. The van der Waals surface area contributed by atoms with E-state index in [-0.39, 0.29) is 19.1 Å². The summed E-state index contributed by atoms with van der Waals surface area (Å²) >= 11 is 1.47. The molecule has 0 fully saturated rings. The lowest BCUT2D eigenvalue weighted by Gasteiger charge is -2.09. The molecule has 0 aromatic carbocycles. The van der Waals surface area contributed by atoms with Crippen LogP contribution in [0.5, 0.6) is 0 Å². The zero-order valence-electron chi connectivity index (χ0n) is 8.60. The van der Waals surface area contributed by atoms with Crippen LogP contribution >= 0.6 is 11.3 Å². The Kier molecular flexibility index (Phi) is 5.31. The molecule has 5 heteroatoms. The van der Waals surface area contributed by atoms with Crippen molar-refractivity contribution in [2.45, 2.75) is 13.0 Å². The van der Waals surface area contributed by atoms with Gasteiger partial charge in [-0.2, -0.15) is 0 Å². The maximum absolute atomic E-state index is 11.1. The molecule has 1 aromatic rings. The summed E-state index contributed by atoms with van der Waals surface area (Å²) in [4.78, 5) is 12.0. The lowest BCUT2D eigenvalue weighted by Crippen LogP contribution is -2.31. The van der Waals surface area contributed by atoms with Gasteiger partial charge in [-0.25, -0.2) is 0 Å². The number of carbonyl (C=O) groups is 1. The number of rotatable bonds is 6. The van der Waals surface area contributed by atoms with Gasteiger partial charge in [0.2, 0.25) is 5.91 Å². The summed E-state index contributed by atoms with van der Waals surface area (Å²) in [5, 5.41) is 14.1. The van der Waals surface area contributed by atoms with E-state index in [4.69, 9.17) is 4.74 Å². The van der Waals surface area contributed by atoms with Crippen LogP contribution in [0.2, 0.25) is 0 Å². The number of carbonyl (C=O) groups excluding carboxylic acids is 1. The van der Waals surface area contributed by atoms with Gasteiger partial charge in [-0.15, -0.1) is 11.3 Å². The lowest BCUT2D eigenvalue weighted by molar-refractivity contribution is -0.126. The van der Waals surface area contributed by atoms with Crippen molar-refractivity contribution in [3.63, 3.8) is 0 Å². The summed E-state index contributed by atoms with van der Waals surface area (Å²) in [7, 11) is 0. The molecule has 4 nitrogen and oxygen atoms in total. The van der Waals surface area contributed by atoms with Gasteiger partial charge in [-0.3, -0.25) is 4.79 Å². The van der Waals surface area contributed by atoms with Gasteiger partial charge >= 0.3 is 0 Å². The molecule has 1 rings (SSSR count). The van der Waals surface area contributed by atoms with E-state index in [0.29, 0.717) is 6.61 Å². The largest absolute Gasteiger partial charge is 0.386 e. The monoisotopic (exact) mass is 229 g/mol. The topological polar surface area (TPSA) is 58.6 Å².